The minimum Gasteiger partial charge on any atom is -0.481 e. The number of rotatable bonds is 10. The predicted molar refractivity (Wildman–Crippen MR) is 100 cm³/mol. The van der Waals surface area contributed by atoms with Crippen molar-refractivity contribution in [2.75, 3.05) is 6.61 Å². The second-order valence-electron chi connectivity index (χ2n) is 7.03. The van der Waals surface area contributed by atoms with Gasteiger partial charge in [-0.25, -0.2) is 0 Å². The van der Waals surface area contributed by atoms with Crippen LogP contribution in [0.5, 0.6) is 0 Å². The second kappa shape index (κ2) is 12.1. The number of carboxylic acids is 1. The van der Waals surface area contributed by atoms with E-state index < -0.39 is 60.2 Å². The lowest BCUT2D eigenvalue weighted by Gasteiger charge is -2.45. The van der Waals surface area contributed by atoms with E-state index in [1.807, 2.05) is 0 Å². The van der Waals surface area contributed by atoms with Crippen LogP contribution in [0.15, 0.2) is 0 Å². The van der Waals surface area contributed by atoms with Crippen LogP contribution >= 0.6 is 0 Å². The molecule has 170 valence electrons. The average Bonchev–Trinajstić information content (AvgIpc) is 2.60. The zero-order valence-corrected chi connectivity index (χ0v) is 17.5. The molecule has 0 aromatic carbocycles. The van der Waals surface area contributed by atoms with E-state index in [0.29, 0.717) is 19.3 Å². The monoisotopic (exact) mass is 431 g/mol. The van der Waals surface area contributed by atoms with Crippen LogP contribution in [0.2, 0.25) is 0 Å². The molecule has 1 aliphatic rings. The molecule has 1 heterocycles. The summed E-state index contributed by atoms with van der Waals surface area (Å²) >= 11 is 0. The van der Waals surface area contributed by atoms with Crippen molar-refractivity contribution in [1.82, 2.24) is 5.32 Å². The number of esters is 3. The maximum Gasteiger partial charge on any atom is 0.303 e. The highest BCUT2D eigenvalue weighted by Gasteiger charge is 2.50. The fourth-order valence-corrected chi connectivity index (χ4v) is 3.29. The van der Waals surface area contributed by atoms with Gasteiger partial charge in [-0.2, -0.15) is 0 Å². The first-order chi connectivity index (χ1) is 14.0. The summed E-state index contributed by atoms with van der Waals surface area (Å²) in [5.41, 5.74) is 0. The molecule has 1 fully saturated rings. The molecule has 11 heteroatoms. The lowest BCUT2D eigenvalue weighted by molar-refractivity contribution is -0.224. The van der Waals surface area contributed by atoms with Crippen LogP contribution in [0.25, 0.3) is 0 Å². The quantitative estimate of drug-likeness (QED) is 0.281. The zero-order valence-electron chi connectivity index (χ0n) is 17.5. The Bertz CT molecular complexity index is 649. The van der Waals surface area contributed by atoms with Gasteiger partial charge < -0.3 is 29.4 Å². The molecule has 2 N–H and O–H groups in total. The summed E-state index contributed by atoms with van der Waals surface area (Å²) in [4.78, 5) is 57.1. The Morgan fingerprint density at radius 3 is 1.97 bits per heavy atom. The Kier molecular flexibility index (Phi) is 10.2. The first kappa shape index (κ1) is 25.3. The number of amides is 1. The fraction of sp³-hybridized carbons (Fsp3) is 0.737. The largest absolute Gasteiger partial charge is 0.481 e. The Morgan fingerprint density at radius 2 is 1.47 bits per heavy atom. The van der Waals surface area contributed by atoms with Crippen molar-refractivity contribution in [3.63, 3.8) is 0 Å². The van der Waals surface area contributed by atoms with Gasteiger partial charge in [0.15, 0.2) is 12.2 Å². The van der Waals surface area contributed by atoms with Crippen LogP contribution in [-0.4, -0.2) is 72.0 Å². The van der Waals surface area contributed by atoms with Gasteiger partial charge in [0.2, 0.25) is 5.91 Å². The van der Waals surface area contributed by atoms with Crippen molar-refractivity contribution in [2.24, 2.45) is 0 Å². The average molecular weight is 431 g/mol. The van der Waals surface area contributed by atoms with Gasteiger partial charge in [0, 0.05) is 34.1 Å². The van der Waals surface area contributed by atoms with Crippen LogP contribution in [-0.2, 0) is 42.9 Å². The summed E-state index contributed by atoms with van der Waals surface area (Å²) in [6.45, 7) is 4.56. The standard InChI is InChI=1S/C19H29NO10/c1-10(21)20-17-14(7-5-6-8-16(25)26)30-15(9-27-11(2)22)18(28-12(3)23)19(17)29-13(4)24/h14-15,17-19H,5-9H2,1-4H3,(H,20,21)(H,25,26)/t14-,15+,17-,18-,19+/m0/s1. The normalized spacial score (nSPS) is 25.7. The predicted octanol–water partition coefficient (Wildman–Crippen LogP) is 0.330. The maximum atomic E-state index is 11.8. The van der Waals surface area contributed by atoms with Crippen molar-refractivity contribution in [1.29, 1.82) is 0 Å². The fourth-order valence-electron chi connectivity index (χ4n) is 3.29. The summed E-state index contributed by atoms with van der Waals surface area (Å²) in [5.74, 6) is -3.26. The minimum absolute atomic E-state index is 0.0299. The summed E-state index contributed by atoms with van der Waals surface area (Å²) in [6.07, 6.45) is -2.72. The molecule has 11 nitrogen and oxygen atoms in total. The molecule has 1 aliphatic heterocycles. The molecule has 0 aromatic heterocycles. The molecule has 0 bridgehead atoms. The Balaban J connectivity index is 3.17. The number of nitrogens with one attached hydrogen (secondary N) is 1. The molecule has 0 saturated carbocycles. The van der Waals surface area contributed by atoms with Gasteiger partial charge >= 0.3 is 23.9 Å². The Morgan fingerprint density at radius 1 is 0.867 bits per heavy atom. The van der Waals surface area contributed by atoms with Crippen molar-refractivity contribution < 1.29 is 48.0 Å². The van der Waals surface area contributed by atoms with Gasteiger partial charge in [-0.15, -0.1) is 0 Å². The molecular weight excluding hydrogens is 402 g/mol. The van der Waals surface area contributed by atoms with Gasteiger partial charge in [0.25, 0.3) is 0 Å². The third-order valence-electron chi connectivity index (χ3n) is 4.35. The van der Waals surface area contributed by atoms with E-state index in [1.54, 1.807) is 0 Å². The minimum atomic E-state index is -1.13. The lowest BCUT2D eigenvalue weighted by atomic mass is 9.89. The van der Waals surface area contributed by atoms with Crippen molar-refractivity contribution in [2.45, 2.75) is 83.8 Å². The Hall–Kier alpha value is -2.69. The molecule has 0 aliphatic carbocycles. The number of hydrogen-bond acceptors (Lipinski definition) is 9. The number of ether oxygens (including phenoxy) is 4. The molecule has 5 atom stereocenters. The van der Waals surface area contributed by atoms with Gasteiger partial charge in [0.1, 0.15) is 12.7 Å². The summed E-state index contributed by atoms with van der Waals surface area (Å²) < 4.78 is 21.7. The third kappa shape index (κ3) is 8.76. The van der Waals surface area contributed by atoms with E-state index in [2.05, 4.69) is 5.32 Å². The second-order valence-corrected chi connectivity index (χ2v) is 7.03. The molecule has 1 saturated heterocycles. The SMILES string of the molecule is CC(=O)N[C@@H]1[C@@H](OC(C)=O)[C@@H](OC(C)=O)[C@@H](COC(C)=O)O[C@H]1CCCCC(=O)O. The van der Waals surface area contributed by atoms with E-state index >= 15 is 0 Å². The van der Waals surface area contributed by atoms with E-state index in [4.69, 9.17) is 24.1 Å². The van der Waals surface area contributed by atoms with Gasteiger partial charge in [-0.3, -0.25) is 24.0 Å². The highest BCUT2D eigenvalue weighted by atomic mass is 16.6. The first-order valence-corrected chi connectivity index (χ1v) is 9.63. The summed E-state index contributed by atoms with van der Waals surface area (Å²) in [7, 11) is 0. The third-order valence-corrected chi connectivity index (χ3v) is 4.35. The topological polar surface area (TPSA) is 155 Å². The van der Waals surface area contributed by atoms with Crippen LogP contribution in [0, 0.1) is 0 Å². The van der Waals surface area contributed by atoms with E-state index in [-0.39, 0.29) is 13.0 Å². The maximum absolute atomic E-state index is 11.8. The molecule has 0 radical (unpaired) electrons. The van der Waals surface area contributed by atoms with Crippen LogP contribution in [0.3, 0.4) is 0 Å². The molecule has 1 amide bonds. The number of carboxylic acid groups (broad SMARTS) is 1. The lowest BCUT2D eigenvalue weighted by Crippen LogP contribution is -2.66. The number of carbonyl (C=O) groups is 5. The van der Waals surface area contributed by atoms with Crippen molar-refractivity contribution in [3.8, 4) is 0 Å². The van der Waals surface area contributed by atoms with E-state index in [9.17, 15) is 24.0 Å². The number of unbranched alkanes of at least 4 members (excludes halogenated alkanes) is 1. The molecule has 0 unspecified atom stereocenters. The van der Waals surface area contributed by atoms with Crippen LogP contribution < -0.4 is 5.32 Å². The molecule has 0 spiro atoms. The van der Waals surface area contributed by atoms with Gasteiger partial charge in [-0.1, -0.05) is 6.42 Å². The molecular formula is C19H29NO10. The first-order valence-electron chi connectivity index (χ1n) is 9.63. The summed E-state index contributed by atoms with van der Waals surface area (Å²) in [6, 6.07) is -0.853. The number of hydrogen-bond donors (Lipinski definition) is 2. The molecule has 0 aromatic rings. The highest BCUT2D eigenvalue weighted by molar-refractivity contribution is 5.73. The van der Waals surface area contributed by atoms with Gasteiger partial charge in [-0.05, 0) is 12.8 Å². The van der Waals surface area contributed by atoms with Crippen LogP contribution in [0.4, 0.5) is 0 Å². The Labute approximate surface area is 174 Å². The summed E-state index contributed by atoms with van der Waals surface area (Å²) in [5, 5.41) is 11.5. The van der Waals surface area contributed by atoms with Crippen LogP contribution in [0.1, 0.15) is 53.4 Å². The molecule has 1 rings (SSSR count). The van der Waals surface area contributed by atoms with Gasteiger partial charge in [0.05, 0.1) is 12.1 Å². The molecule has 30 heavy (non-hydrogen) atoms. The highest BCUT2D eigenvalue weighted by Crippen LogP contribution is 2.29. The number of aliphatic carboxylic acids is 1. The van der Waals surface area contributed by atoms with Crippen molar-refractivity contribution in [3.05, 3.63) is 0 Å². The van der Waals surface area contributed by atoms with E-state index in [0.717, 1.165) is 0 Å². The van der Waals surface area contributed by atoms with Crippen molar-refractivity contribution >= 4 is 29.8 Å². The number of carbonyl (C=O) groups excluding carboxylic acids is 4. The smallest absolute Gasteiger partial charge is 0.303 e. The zero-order chi connectivity index (χ0) is 22.8. The van der Waals surface area contributed by atoms with E-state index in [1.165, 1.54) is 27.7 Å².